The van der Waals surface area contributed by atoms with Crippen molar-refractivity contribution in [2.75, 3.05) is 12.4 Å². The quantitative estimate of drug-likeness (QED) is 0.440. The maximum atomic E-state index is 13.0. The Morgan fingerprint density at radius 2 is 1.88 bits per heavy atom. The van der Waals surface area contributed by atoms with E-state index in [-0.39, 0.29) is 17.9 Å². The van der Waals surface area contributed by atoms with E-state index < -0.39 is 0 Å². The smallest absolute Gasteiger partial charge is 0.295 e. The van der Waals surface area contributed by atoms with Gasteiger partial charge in [-0.05, 0) is 50.6 Å². The third-order valence-corrected chi connectivity index (χ3v) is 5.69. The maximum Gasteiger partial charge on any atom is 0.295 e. The van der Waals surface area contributed by atoms with Crippen molar-refractivity contribution in [2.24, 2.45) is 0 Å². The van der Waals surface area contributed by atoms with Crippen LogP contribution in [0, 0.1) is 13.8 Å². The number of para-hydroxylation sites is 1. The summed E-state index contributed by atoms with van der Waals surface area (Å²) >= 11 is 6.10. The summed E-state index contributed by atoms with van der Waals surface area (Å²) in [5.41, 5.74) is 3.16. The van der Waals surface area contributed by atoms with Crippen molar-refractivity contribution in [3.8, 4) is 11.4 Å². The van der Waals surface area contributed by atoms with Crippen molar-refractivity contribution >= 4 is 34.1 Å². The van der Waals surface area contributed by atoms with E-state index in [1.54, 1.807) is 22.9 Å². The fourth-order valence-electron chi connectivity index (χ4n) is 3.81. The lowest BCUT2D eigenvalue weighted by Gasteiger charge is -2.09. The van der Waals surface area contributed by atoms with E-state index in [2.05, 4.69) is 15.5 Å². The van der Waals surface area contributed by atoms with Crippen LogP contribution in [0.3, 0.4) is 0 Å². The molecule has 2 aromatic carbocycles. The number of carbonyl (C=O) groups is 1. The van der Waals surface area contributed by atoms with Crippen LogP contribution < -0.4 is 15.6 Å². The number of aryl methyl sites for hydroxylation is 3. The lowest BCUT2D eigenvalue weighted by molar-refractivity contribution is -0.116. The fraction of sp³-hybridized carbons (Fsp3) is 0.250. The first-order chi connectivity index (χ1) is 15.9. The normalized spacial score (nSPS) is 11.0. The number of anilines is 1. The number of benzene rings is 2. The molecule has 0 aliphatic rings. The summed E-state index contributed by atoms with van der Waals surface area (Å²) in [6.45, 7) is 4.10. The highest BCUT2D eigenvalue weighted by atomic mass is 35.5. The minimum absolute atomic E-state index is 0.175. The predicted octanol–water partition coefficient (Wildman–Crippen LogP) is 4.28. The van der Waals surface area contributed by atoms with Crippen LogP contribution in [0.5, 0.6) is 5.75 Å². The van der Waals surface area contributed by atoms with Crippen molar-refractivity contribution < 1.29 is 9.53 Å². The Labute approximate surface area is 195 Å². The topological polar surface area (TPSA) is 91.0 Å². The summed E-state index contributed by atoms with van der Waals surface area (Å²) in [6.07, 6.45) is 0.679. The Bertz CT molecular complexity index is 1380. The zero-order valence-corrected chi connectivity index (χ0v) is 19.4. The van der Waals surface area contributed by atoms with E-state index in [0.717, 1.165) is 22.5 Å². The Kier molecular flexibility index (Phi) is 6.46. The molecule has 1 amide bonds. The average molecular weight is 466 g/mol. The molecule has 33 heavy (non-hydrogen) atoms. The SMILES string of the molecule is COc1ccc(NC(=O)CCCn2nc(C)c3c(C)n(-c4ccccc4)nc3c2=O)cc1Cl. The van der Waals surface area contributed by atoms with Gasteiger partial charge in [-0.2, -0.15) is 10.2 Å². The second kappa shape index (κ2) is 9.46. The van der Waals surface area contributed by atoms with Crippen LogP contribution >= 0.6 is 11.6 Å². The first kappa shape index (κ1) is 22.5. The van der Waals surface area contributed by atoms with E-state index >= 15 is 0 Å². The van der Waals surface area contributed by atoms with E-state index in [9.17, 15) is 9.59 Å². The molecule has 4 aromatic rings. The van der Waals surface area contributed by atoms with Crippen molar-refractivity contribution in [1.82, 2.24) is 19.6 Å². The Hall–Kier alpha value is -3.65. The summed E-state index contributed by atoms with van der Waals surface area (Å²) in [6, 6.07) is 14.7. The van der Waals surface area contributed by atoms with Gasteiger partial charge in [0.05, 0.1) is 34.6 Å². The second-order valence-electron chi connectivity index (χ2n) is 7.67. The number of nitrogens with one attached hydrogen (secondary N) is 1. The number of aromatic nitrogens is 4. The molecular formula is C24H24ClN5O3. The standard InChI is InChI=1S/C24H24ClN5O3/c1-15-22-16(2)30(18-8-5-4-6-9-18)28-23(22)24(32)29(27-15)13-7-10-21(31)26-17-11-12-20(33-3)19(25)14-17/h4-6,8-9,11-12,14H,7,10,13H2,1-3H3,(H,26,31). The molecule has 0 radical (unpaired) electrons. The van der Waals surface area contributed by atoms with E-state index in [0.29, 0.717) is 34.9 Å². The Morgan fingerprint density at radius 1 is 1.12 bits per heavy atom. The Morgan fingerprint density at radius 3 is 2.58 bits per heavy atom. The van der Waals surface area contributed by atoms with Crippen LogP contribution in [-0.2, 0) is 11.3 Å². The summed E-state index contributed by atoms with van der Waals surface area (Å²) in [5, 5.41) is 13.0. The lowest BCUT2D eigenvalue weighted by Crippen LogP contribution is -2.25. The highest BCUT2D eigenvalue weighted by Crippen LogP contribution is 2.27. The number of rotatable bonds is 7. The van der Waals surface area contributed by atoms with Crippen LogP contribution in [0.2, 0.25) is 5.02 Å². The van der Waals surface area contributed by atoms with Crippen LogP contribution in [0.25, 0.3) is 16.6 Å². The number of fused-ring (bicyclic) bond motifs is 1. The number of hydrogen-bond donors (Lipinski definition) is 1. The van der Waals surface area contributed by atoms with Gasteiger partial charge in [-0.15, -0.1) is 0 Å². The van der Waals surface area contributed by atoms with Crippen molar-refractivity contribution in [2.45, 2.75) is 33.2 Å². The molecule has 2 aromatic heterocycles. The molecule has 1 N–H and O–H groups in total. The molecule has 0 saturated heterocycles. The van der Waals surface area contributed by atoms with E-state index in [4.69, 9.17) is 16.3 Å². The summed E-state index contributed by atoms with van der Waals surface area (Å²) in [4.78, 5) is 25.4. The molecule has 0 fully saturated rings. The predicted molar refractivity (Wildman–Crippen MR) is 128 cm³/mol. The van der Waals surface area contributed by atoms with Gasteiger partial charge < -0.3 is 10.1 Å². The molecule has 0 bridgehead atoms. The van der Waals surface area contributed by atoms with Crippen molar-refractivity contribution in [3.63, 3.8) is 0 Å². The third-order valence-electron chi connectivity index (χ3n) is 5.40. The Balaban J connectivity index is 1.48. The molecule has 0 aliphatic heterocycles. The zero-order chi connectivity index (χ0) is 23.5. The average Bonchev–Trinajstić information content (AvgIpc) is 3.16. The molecule has 9 heteroatoms. The zero-order valence-electron chi connectivity index (χ0n) is 18.6. The van der Waals surface area contributed by atoms with Crippen LogP contribution in [-0.4, -0.2) is 32.6 Å². The van der Waals surface area contributed by atoms with Gasteiger partial charge in [0, 0.05) is 18.7 Å². The number of carbonyl (C=O) groups excluding carboxylic acids is 1. The molecule has 0 saturated carbocycles. The van der Waals surface area contributed by atoms with E-state index in [1.807, 2.05) is 44.2 Å². The van der Waals surface area contributed by atoms with Gasteiger partial charge in [-0.25, -0.2) is 9.36 Å². The first-order valence-electron chi connectivity index (χ1n) is 10.5. The largest absolute Gasteiger partial charge is 0.495 e. The second-order valence-corrected chi connectivity index (χ2v) is 8.08. The molecule has 4 rings (SSSR count). The molecule has 0 spiro atoms. The molecule has 0 unspecified atom stereocenters. The minimum atomic E-state index is -0.268. The van der Waals surface area contributed by atoms with Gasteiger partial charge in [0.2, 0.25) is 5.91 Å². The summed E-state index contributed by atoms with van der Waals surface area (Å²) < 4.78 is 8.26. The number of halogens is 1. The molecule has 8 nitrogen and oxygen atoms in total. The number of ether oxygens (including phenoxy) is 1. The highest BCUT2D eigenvalue weighted by molar-refractivity contribution is 6.32. The number of hydrogen-bond acceptors (Lipinski definition) is 5. The van der Waals surface area contributed by atoms with Gasteiger partial charge in [0.25, 0.3) is 5.56 Å². The maximum absolute atomic E-state index is 13.0. The summed E-state index contributed by atoms with van der Waals surface area (Å²) in [7, 11) is 1.53. The molecule has 2 heterocycles. The summed E-state index contributed by atoms with van der Waals surface area (Å²) in [5.74, 6) is 0.363. The van der Waals surface area contributed by atoms with Crippen LogP contribution in [0.4, 0.5) is 5.69 Å². The van der Waals surface area contributed by atoms with Gasteiger partial charge in [-0.1, -0.05) is 29.8 Å². The van der Waals surface area contributed by atoms with Crippen LogP contribution in [0.15, 0.2) is 53.3 Å². The lowest BCUT2D eigenvalue weighted by atomic mass is 10.2. The third kappa shape index (κ3) is 4.61. The van der Waals surface area contributed by atoms with Gasteiger partial charge in [0.1, 0.15) is 5.75 Å². The van der Waals surface area contributed by atoms with Crippen LogP contribution in [0.1, 0.15) is 24.2 Å². The number of methoxy groups -OCH3 is 1. The van der Waals surface area contributed by atoms with Crippen molar-refractivity contribution in [3.05, 3.63) is 75.3 Å². The van der Waals surface area contributed by atoms with Gasteiger partial charge in [0.15, 0.2) is 5.52 Å². The minimum Gasteiger partial charge on any atom is -0.495 e. The van der Waals surface area contributed by atoms with E-state index in [1.165, 1.54) is 11.8 Å². The molecule has 170 valence electrons. The molecule has 0 aliphatic carbocycles. The molecular weight excluding hydrogens is 442 g/mol. The number of amides is 1. The monoisotopic (exact) mass is 465 g/mol. The molecule has 0 atom stereocenters. The first-order valence-corrected chi connectivity index (χ1v) is 10.9. The number of nitrogens with zero attached hydrogens (tertiary/aromatic N) is 4. The fourth-order valence-corrected chi connectivity index (χ4v) is 4.07. The van der Waals surface area contributed by atoms with Gasteiger partial charge in [-0.3, -0.25) is 9.59 Å². The van der Waals surface area contributed by atoms with Crippen molar-refractivity contribution in [1.29, 1.82) is 0 Å². The van der Waals surface area contributed by atoms with Gasteiger partial charge >= 0.3 is 0 Å². The highest BCUT2D eigenvalue weighted by Gasteiger charge is 2.17.